The maximum atomic E-state index is 11.8. The topological polar surface area (TPSA) is 30.0 Å². The number of thiazole rings is 1. The maximum Gasteiger partial charge on any atom is 0.186 e. The molecule has 0 aliphatic rings. The highest BCUT2D eigenvalue weighted by molar-refractivity contribution is 7.07. The third-order valence-electron chi connectivity index (χ3n) is 2.36. The number of carbonyl (C=O) groups is 1. The molecule has 82 valence electrons. The third kappa shape index (κ3) is 2.55. The second-order valence-corrected chi connectivity index (χ2v) is 4.69. The van der Waals surface area contributed by atoms with Crippen LogP contribution in [0.5, 0.6) is 0 Å². The summed E-state index contributed by atoms with van der Waals surface area (Å²) in [7, 11) is 0. The van der Waals surface area contributed by atoms with Crippen LogP contribution in [-0.4, -0.2) is 10.8 Å². The summed E-state index contributed by atoms with van der Waals surface area (Å²) in [5, 5.41) is 1.80. The van der Waals surface area contributed by atoms with Crippen LogP contribution >= 0.6 is 11.3 Å². The first-order valence-corrected chi connectivity index (χ1v) is 6.08. The van der Waals surface area contributed by atoms with E-state index in [4.69, 9.17) is 0 Å². The van der Waals surface area contributed by atoms with Gasteiger partial charge in [-0.25, -0.2) is 4.98 Å². The highest BCUT2D eigenvalue weighted by atomic mass is 32.1. The molecule has 0 unspecified atom stereocenters. The van der Waals surface area contributed by atoms with Crippen molar-refractivity contribution >= 4 is 17.1 Å². The molecule has 0 bridgehead atoms. The molecule has 3 heteroatoms. The van der Waals surface area contributed by atoms with E-state index in [1.165, 1.54) is 22.5 Å². The van der Waals surface area contributed by atoms with Crippen LogP contribution in [0.1, 0.15) is 27.2 Å². The van der Waals surface area contributed by atoms with E-state index < -0.39 is 0 Å². The minimum Gasteiger partial charge on any atom is -0.292 e. The van der Waals surface area contributed by atoms with Crippen LogP contribution in [-0.2, 0) is 6.42 Å². The van der Waals surface area contributed by atoms with Gasteiger partial charge in [0.2, 0.25) is 0 Å². The van der Waals surface area contributed by atoms with Crippen LogP contribution in [0.25, 0.3) is 0 Å². The van der Waals surface area contributed by atoms with E-state index >= 15 is 0 Å². The minimum atomic E-state index is 0.0891. The molecular weight excluding hydrogens is 218 g/mol. The number of hydrogen-bond acceptors (Lipinski definition) is 3. The molecule has 2 nitrogen and oxygen atoms in total. The second-order valence-electron chi connectivity index (χ2n) is 3.97. The number of carbonyl (C=O) groups excluding carboxylic acids is 1. The van der Waals surface area contributed by atoms with Gasteiger partial charge in [-0.15, -0.1) is 11.3 Å². The summed E-state index contributed by atoms with van der Waals surface area (Å²) in [6, 6.07) is 6.21. The van der Waals surface area contributed by atoms with Gasteiger partial charge in [0.1, 0.15) is 5.69 Å². The van der Waals surface area contributed by atoms with Gasteiger partial charge in [-0.3, -0.25) is 4.79 Å². The predicted molar refractivity (Wildman–Crippen MR) is 66.1 cm³/mol. The van der Waals surface area contributed by atoms with E-state index in [-0.39, 0.29) is 5.78 Å². The number of Topliss-reactive ketones (excluding diaryl/α,β-unsaturated/α-hetero) is 1. The fraction of sp³-hybridized carbons (Fsp3) is 0.231. The first-order chi connectivity index (χ1) is 7.65. The van der Waals surface area contributed by atoms with Crippen LogP contribution in [0, 0.1) is 13.8 Å². The summed E-state index contributed by atoms with van der Waals surface area (Å²) in [5.41, 5.74) is 5.72. The molecule has 0 saturated heterocycles. The Labute approximate surface area is 99.0 Å². The highest BCUT2D eigenvalue weighted by Gasteiger charge is 2.09. The Bertz CT molecular complexity index is 482. The molecule has 0 aliphatic heterocycles. The summed E-state index contributed by atoms with van der Waals surface area (Å²) in [6.45, 7) is 4.09. The number of rotatable bonds is 3. The van der Waals surface area contributed by atoms with Crippen molar-refractivity contribution in [3.63, 3.8) is 0 Å². The number of aromatic nitrogens is 1. The smallest absolute Gasteiger partial charge is 0.186 e. The summed E-state index contributed by atoms with van der Waals surface area (Å²) >= 11 is 1.45. The summed E-state index contributed by atoms with van der Waals surface area (Å²) in [4.78, 5) is 15.9. The fourth-order valence-corrected chi connectivity index (χ4v) is 2.35. The molecule has 0 radical (unpaired) electrons. The number of nitrogens with zero attached hydrogens (tertiary/aromatic N) is 1. The Balaban J connectivity index is 2.18. The monoisotopic (exact) mass is 231 g/mol. The van der Waals surface area contributed by atoms with Crippen molar-refractivity contribution in [3.8, 4) is 0 Å². The largest absolute Gasteiger partial charge is 0.292 e. The third-order valence-corrected chi connectivity index (χ3v) is 2.95. The number of aryl methyl sites for hydroxylation is 2. The van der Waals surface area contributed by atoms with Crippen molar-refractivity contribution in [3.05, 3.63) is 51.5 Å². The predicted octanol–water partition coefficient (Wildman–Crippen LogP) is 3.19. The standard InChI is InChI=1S/C13H13NOS/c1-9-3-10(2)5-11(4-9)6-13(15)12-7-16-8-14-12/h3-5,7-8H,6H2,1-2H3. The van der Waals surface area contributed by atoms with Crippen LogP contribution < -0.4 is 0 Å². The SMILES string of the molecule is Cc1cc(C)cc(CC(=O)c2cscn2)c1. The Morgan fingerprint density at radius 1 is 1.25 bits per heavy atom. The number of benzene rings is 1. The zero-order valence-electron chi connectivity index (χ0n) is 9.36. The molecular formula is C13H13NOS. The molecule has 0 aliphatic carbocycles. The molecule has 16 heavy (non-hydrogen) atoms. The van der Waals surface area contributed by atoms with E-state index in [1.54, 1.807) is 10.9 Å². The van der Waals surface area contributed by atoms with E-state index in [0.29, 0.717) is 12.1 Å². The molecule has 1 aromatic carbocycles. The Hall–Kier alpha value is -1.48. The van der Waals surface area contributed by atoms with Crippen molar-refractivity contribution in [1.82, 2.24) is 4.98 Å². The Morgan fingerprint density at radius 3 is 2.50 bits per heavy atom. The molecule has 0 spiro atoms. The molecule has 0 atom stereocenters. The van der Waals surface area contributed by atoms with E-state index in [2.05, 4.69) is 23.2 Å². The Morgan fingerprint density at radius 2 is 1.94 bits per heavy atom. The molecule has 1 heterocycles. The summed E-state index contributed by atoms with van der Waals surface area (Å²) in [6.07, 6.45) is 0.437. The average molecular weight is 231 g/mol. The van der Waals surface area contributed by atoms with Gasteiger partial charge in [-0.05, 0) is 19.4 Å². The van der Waals surface area contributed by atoms with Gasteiger partial charge < -0.3 is 0 Å². The van der Waals surface area contributed by atoms with Gasteiger partial charge in [-0.1, -0.05) is 29.3 Å². The number of hydrogen-bond donors (Lipinski definition) is 0. The van der Waals surface area contributed by atoms with Crippen molar-refractivity contribution in [2.24, 2.45) is 0 Å². The van der Waals surface area contributed by atoms with E-state index in [9.17, 15) is 4.79 Å². The lowest BCUT2D eigenvalue weighted by atomic mass is 10.0. The average Bonchev–Trinajstić information content (AvgIpc) is 2.68. The Kier molecular flexibility index (Phi) is 3.15. The molecule has 0 N–H and O–H groups in total. The van der Waals surface area contributed by atoms with Gasteiger partial charge >= 0.3 is 0 Å². The first-order valence-electron chi connectivity index (χ1n) is 5.14. The molecule has 1 aromatic heterocycles. The fourth-order valence-electron chi connectivity index (χ4n) is 1.80. The molecule has 2 rings (SSSR count). The molecule has 0 saturated carbocycles. The first kappa shape index (κ1) is 11.0. The zero-order valence-corrected chi connectivity index (χ0v) is 10.2. The molecule has 2 aromatic rings. The lowest BCUT2D eigenvalue weighted by molar-refractivity contribution is 0.0989. The minimum absolute atomic E-state index is 0.0891. The highest BCUT2D eigenvalue weighted by Crippen LogP contribution is 2.12. The van der Waals surface area contributed by atoms with E-state index in [0.717, 1.165) is 5.56 Å². The van der Waals surface area contributed by atoms with E-state index in [1.807, 2.05) is 13.8 Å². The van der Waals surface area contributed by atoms with Gasteiger partial charge in [0.25, 0.3) is 0 Å². The van der Waals surface area contributed by atoms with Crippen LogP contribution in [0.3, 0.4) is 0 Å². The van der Waals surface area contributed by atoms with Gasteiger partial charge in [0.05, 0.1) is 5.51 Å². The molecule has 0 amide bonds. The zero-order chi connectivity index (χ0) is 11.5. The lowest BCUT2D eigenvalue weighted by Crippen LogP contribution is -2.04. The summed E-state index contributed by atoms with van der Waals surface area (Å²) < 4.78 is 0. The van der Waals surface area contributed by atoms with Gasteiger partial charge in [0.15, 0.2) is 5.78 Å². The quantitative estimate of drug-likeness (QED) is 0.759. The van der Waals surface area contributed by atoms with Crippen molar-refractivity contribution in [2.45, 2.75) is 20.3 Å². The number of ketones is 1. The summed E-state index contributed by atoms with van der Waals surface area (Å²) in [5.74, 6) is 0.0891. The second kappa shape index (κ2) is 4.58. The maximum absolute atomic E-state index is 11.8. The lowest BCUT2D eigenvalue weighted by Gasteiger charge is -2.03. The van der Waals surface area contributed by atoms with Crippen LogP contribution in [0.2, 0.25) is 0 Å². The van der Waals surface area contributed by atoms with Crippen LogP contribution in [0.4, 0.5) is 0 Å². The van der Waals surface area contributed by atoms with Crippen molar-refractivity contribution in [1.29, 1.82) is 0 Å². The van der Waals surface area contributed by atoms with Crippen molar-refractivity contribution in [2.75, 3.05) is 0 Å². The van der Waals surface area contributed by atoms with Crippen LogP contribution in [0.15, 0.2) is 29.1 Å². The van der Waals surface area contributed by atoms with Gasteiger partial charge in [-0.2, -0.15) is 0 Å². The molecule has 0 fully saturated rings. The van der Waals surface area contributed by atoms with Crippen molar-refractivity contribution < 1.29 is 4.79 Å². The van der Waals surface area contributed by atoms with Gasteiger partial charge in [0, 0.05) is 11.8 Å². The normalized spacial score (nSPS) is 10.4.